The molecule has 47 heavy (non-hydrogen) atoms. The number of benzene rings is 2. The molecule has 0 aromatic heterocycles. The van der Waals surface area contributed by atoms with Crippen molar-refractivity contribution in [2.45, 2.75) is 85.2 Å². The number of hydrogen-bond donors (Lipinski definition) is 0. The molecular formula is C36H51N3O8. The van der Waals surface area contributed by atoms with Crippen LogP contribution in [0.25, 0.3) is 10.4 Å². The Bertz CT molecular complexity index is 1300. The molecule has 0 aliphatic carbocycles. The van der Waals surface area contributed by atoms with Gasteiger partial charge in [0.1, 0.15) is 12.2 Å². The van der Waals surface area contributed by atoms with E-state index in [0.29, 0.717) is 70.2 Å². The van der Waals surface area contributed by atoms with Gasteiger partial charge in [0.25, 0.3) is 0 Å². The van der Waals surface area contributed by atoms with E-state index in [1.165, 1.54) is 6.92 Å². The molecule has 1 unspecified atom stereocenters. The molecule has 2 aromatic carbocycles. The zero-order valence-electron chi connectivity index (χ0n) is 28.6. The van der Waals surface area contributed by atoms with E-state index in [1.54, 1.807) is 7.11 Å². The normalized spacial score (nSPS) is 17.9. The number of rotatable bonds is 21. The third-order valence-electron chi connectivity index (χ3n) is 8.39. The van der Waals surface area contributed by atoms with E-state index >= 15 is 0 Å². The highest BCUT2D eigenvalue weighted by Crippen LogP contribution is 2.41. The SMILES string of the molecule is COCCCOc1cc(C(OC(C)=O)[C@@H](C[C@H](N=[N+]=[N-])[C@@H]2C[C@@H](C(C)C)C(=O)O2)C(C)C)ccc1OCCCOCc1ccccc1. The number of cyclic esters (lactones) is 1. The average molecular weight is 654 g/mol. The van der Waals surface area contributed by atoms with Crippen LogP contribution in [0.1, 0.15) is 77.5 Å². The fourth-order valence-electron chi connectivity index (χ4n) is 5.78. The topological polar surface area (TPSA) is 138 Å². The summed E-state index contributed by atoms with van der Waals surface area (Å²) >= 11 is 0. The third kappa shape index (κ3) is 12.1. The van der Waals surface area contributed by atoms with Gasteiger partial charge in [0.05, 0.1) is 38.4 Å². The van der Waals surface area contributed by atoms with Crippen molar-refractivity contribution >= 4 is 11.9 Å². The van der Waals surface area contributed by atoms with Gasteiger partial charge in [-0.2, -0.15) is 0 Å². The average Bonchev–Trinajstić information content (AvgIpc) is 3.44. The van der Waals surface area contributed by atoms with E-state index in [1.807, 2.05) is 76.2 Å². The molecule has 1 heterocycles. The Labute approximate surface area is 278 Å². The number of methoxy groups -OCH3 is 1. The minimum atomic E-state index is -0.677. The van der Waals surface area contributed by atoms with E-state index in [2.05, 4.69) is 10.0 Å². The van der Waals surface area contributed by atoms with Gasteiger partial charge in [-0.15, -0.1) is 0 Å². The number of ether oxygens (including phenoxy) is 6. The summed E-state index contributed by atoms with van der Waals surface area (Å²) in [5, 5.41) is 4.07. The highest BCUT2D eigenvalue weighted by atomic mass is 16.6. The molecule has 258 valence electrons. The van der Waals surface area contributed by atoms with Gasteiger partial charge in [0.2, 0.25) is 0 Å². The third-order valence-corrected chi connectivity index (χ3v) is 8.39. The van der Waals surface area contributed by atoms with Crippen LogP contribution in [0, 0.1) is 23.7 Å². The number of carbonyl (C=O) groups is 2. The van der Waals surface area contributed by atoms with Crippen LogP contribution < -0.4 is 9.47 Å². The van der Waals surface area contributed by atoms with Crippen molar-refractivity contribution in [3.8, 4) is 11.5 Å². The molecule has 1 saturated heterocycles. The zero-order valence-corrected chi connectivity index (χ0v) is 28.6. The molecule has 0 N–H and O–H groups in total. The second kappa shape index (κ2) is 19.8. The lowest BCUT2D eigenvalue weighted by Gasteiger charge is -2.33. The van der Waals surface area contributed by atoms with Gasteiger partial charge in [0, 0.05) is 44.3 Å². The number of azide groups is 1. The molecular weight excluding hydrogens is 602 g/mol. The van der Waals surface area contributed by atoms with Crippen molar-refractivity contribution < 1.29 is 38.0 Å². The first kappa shape index (κ1) is 37.7. The number of esters is 2. The maximum Gasteiger partial charge on any atom is 0.309 e. The van der Waals surface area contributed by atoms with Crippen molar-refractivity contribution in [2.75, 3.05) is 33.5 Å². The van der Waals surface area contributed by atoms with Crippen LogP contribution in [0.4, 0.5) is 0 Å². The second-order valence-electron chi connectivity index (χ2n) is 12.6. The Morgan fingerprint density at radius 2 is 1.70 bits per heavy atom. The summed E-state index contributed by atoms with van der Waals surface area (Å²) in [6.07, 6.45) is 0.981. The Morgan fingerprint density at radius 1 is 1.00 bits per heavy atom. The number of nitrogens with zero attached hydrogens (tertiary/aromatic N) is 3. The molecule has 0 saturated carbocycles. The summed E-state index contributed by atoms with van der Waals surface area (Å²) in [5.41, 5.74) is 11.3. The minimum Gasteiger partial charge on any atom is -0.490 e. The molecule has 2 aromatic rings. The quantitative estimate of drug-likeness (QED) is 0.0441. The molecule has 1 fully saturated rings. The Kier molecular flexibility index (Phi) is 15.8. The highest BCUT2D eigenvalue weighted by Gasteiger charge is 2.42. The lowest BCUT2D eigenvalue weighted by Crippen LogP contribution is -2.32. The monoisotopic (exact) mass is 653 g/mol. The Balaban J connectivity index is 1.80. The molecule has 1 aliphatic rings. The molecule has 0 spiro atoms. The summed E-state index contributed by atoms with van der Waals surface area (Å²) in [6, 6.07) is 14.9. The Hall–Kier alpha value is -3.79. The highest BCUT2D eigenvalue weighted by molar-refractivity contribution is 5.75. The van der Waals surface area contributed by atoms with Crippen LogP contribution in [-0.4, -0.2) is 57.6 Å². The van der Waals surface area contributed by atoms with Crippen molar-refractivity contribution in [1.82, 2.24) is 0 Å². The lowest BCUT2D eigenvalue weighted by molar-refractivity contribution is -0.151. The molecule has 0 radical (unpaired) electrons. The fraction of sp³-hybridized carbons (Fsp3) is 0.611. The van der Waals surface area contributed by atoms with Gasteiger partial charge in [-0.3, -0.25) is 9.59 Å². The number of hydrogen-bond acceptors (Lipinski definition) is 9. The van der Waals surface area contributed by atoms with Gasteiger partial charge in [-0.25, -0.2) is 0 Å². The van der Waals surface area contributed by atoms with Crippen LogP contribution >= 0.6 is 0 Å². The van der Waals surface area contributed by atoms with Crippen LogP contribution in [0.5, 0.6) is 11.5 Å². The molecule has 5 atom stereocenters. The van der Waals surface area contributed by atoms with E-state index in [-0.39, 0.29) is 29.6 Å². The molecule has 0 amide bonds. The van der Waals surface area contributed by atoms with Gasteiger partial charge < -0.3 is 28.4 Å². The maximum absolute atomic E-state index is 12.6. The van der Waals surface area contributed by atoms with E-state index in [0.717, 1.165) is 11.1 Å². The smallest absolute Gasteiger partial charge is 0.309 e. The van der Waals surface area contributed by atoms with Crippen molar-refractivity contribution in [1.29, 1.82) is 0 Å². The maximum atomic E-state index is 12.6. The molecule has 11 heteroatoms. The van der Waals surface area contributed by atoms with Crippen LogP contribution in [0.15, 0.2) is 53.6 Å². The Morgan fingerprint density at radius 3 is 2.32 bits per heavy atom. The van der Waals surface area contributed by atoms with E-state index < -0.39 is 24.2 Å². The molecule has 3 rings (SSSR count). The standard InChI is InChI=1S/C36H51N3O8/c1-24(2)29(21-31(38-39-37)33-22-30(25(3)4)36(41)47-33)35(46-26(5)40)28-14-15-32(34(20-28)45-18-10-16-42-6)44-19-11-17-43-23-27-12-8-7-9-13-27/h7-9,12-15,20,24-25,29-31,33,35H,10-11,16-19,21-23H2,1-6H3/t29-,30-,31-,33-,35?/m0/s1. The summed E-state index contributed by atoms with van der Waals surface area (Å²) in [5.74, 6) is 0.00680. The summed E-state index contributed by atoms with van der Waals surface area (Å²) in [7, 11) is 1.64. The first-order chi connectivity index (χ1) is 22.6. The first-order valence-corrected chi connectivity index (χ1v) is 16.6. The molecule has 0 bridgehead atoms. The van der Waals surface area contributed by atoms with Crippen molar-refractivity contribution in [3.05, 3.63) is 70.1 Å². The zero-order chi connectivity index (χ0) is 34.2. The largest absolute Gasteiger partial charge is 0.490 e. The molecule has 1 aliphatic heterocycles. The van der Waals surface area contributed by atoms with Crippen LogP contribution in [0.2, 0.25) is 0 Å². The lowest BCUT2D eigenvalue weighted by atomic mass is 9.80. The van der Waals surface area contributed by atoms with E-state index in [9.17, 15) is 15.1 Å². The van der Waals surface area contributed by atoms with E-state index in [4.69, 9.17) is 28.4 Å². The van der Waals surface area contributed by atoms with Gasteiger partial charge in [-0.05, 0) is 53.5 Å². The van der Waals surface area contributed by atoms with Crippen LogP contribution in [0.3, 0.4) is 0 Å². The van der Waals surface area contributed by atoms with Gasteiger partial charge >= 0.3 is 11.9 Å². The van der Waals surface area contributed by atoms with Gasteiger partial charge in [-0.1, -0.05) is 69.2 Å². The number of carbonyl (C=O) groups excluding carboxylic acids is 2. The molecule has 11 nitrogen and oxygen atoms in total. The summed E-state index contributed by atoms with van der Waals surface area (Å²) < 4.78 is 34.9. The summed E-state index contributed by atoms with van der Waals surface area (Å²) in [4.78, 5) is 28.1. The van der Waals surface area contributed by atoms with Crippen LogP contribution in [-0.2, 0) is 35.1 Å². The fourth-order valence-corrected chi connectivity index (χ4v) is 5.78. The van der Waals surface area contributed by atoms with Crippen molar-refractivity contribution in [2.24, 2.45) is 28.8 Å². The summed E-state index contributed by atoms with van der Waals surface area (Å²) in [6.45, 7) is 11.9. The first-order valence-electron chi connectivity index (χ1n) is 16.6. The predicted molar refractivity (Wildman–Crippen MR) is 178 cm³/mol. The predicted octanol–water partition coefficient (Wildman–Crippen LogP) is 7.62. The van der Waals surface area contributed by atoms with Gasteiger partial charge in [0.15, 0.2) is 11.5 Å². The second-order valence-corrected chi connectivity index (χ2v) is 12.6. The van der Waals surface area contributed by atoms with Crippen molar-refractivity contribution in [3.63, 3.8) is 0 Å². The minimum absolute atomic E-state index is 0.0200.